The molecule has 156 valence electrons. The number of anilines is 1. The number of aromatic nitrogens is 2. The van der Waals surface area contributed by atoms with Gasteiger partial charge in [-0.1, -0.05) is 43.9 Å². The third kappa shape index (κ3) is 3.47. The van der Waals surface area contributed by atoms with Crippen LogP contribution in [-0.2, 0) is 11.2 Å². The summed E-state index contributed by atoms with van der Waals surface area (Å²) in [5.41, 5.74) is 8.35. The molecule has 0 saturated carbocycles. The number of hydrogen-bond donors (Lipinski definition) is 1. The van der Waals surface area contributed by atoms with Crippen molar-refractivity contribution in [1.29, 1.82) is 5.26 Å². The van der Waals surface area contributed by atoms with E-state index in [-0.39, 0.29) is 11.2 Å². The Morgan fingerprint density at radius 2 is 2.10 bits per heavy atom. The van der Waals surface area contributed by atoms with Gasteiger partial charge in [-0.05, 0) is 36.6 Å². The lowest BCUT2D eigenvalue weighted by molar-refractivity contribution is -0.118. The normalized spacial score (nSPS) is 21.1. The molecule has 0 bridgehead atoms. The zero-order valence-electron chi connectivity index (χ0n) is 17.4. The van der Waals surface area contributed by atoms with E-state index in [0.29, 0.717) is 34.9 Å². The highest BCUT2D eigenvalue weighted by Gasteiger charge is 2.45. The Bertz CT molecular complexity index is 1120. The molecule has 0 fully saturated rings. The largest absolute Gasteiger partial charge is 0.384 e. The Hall–Kier alpha value is -2.15. The van der Waals surface area contributed by atoms with Crippen LogP contribution >= 0.6 is 34.4 Å². The van der Waals surface area contributed by atoms with Gasteiger partial charge >= 0.3 is 0 Å². The number of thiophene rings is 1. The second-order valence-corrected chi connectivity index (χ2v) is 11.4. The molecule has 2 N–H and O–H groups in total. The average Bonchev–Trinajstić information content (AvgIpc) is 3.35. The van der Waals surface area contributed by atoms with Crippen LogP contribution in [0.1, 0.15) is 49.3 Å². The summed E-state index contributed by atoms with van der Waals surface area (Å²) in [7, 11) is 0. The molecular formula is C21H23N5OS3. The number of ketones is 1. The van der Waals surface area contributed by atoms with Crippen molar-refractivity contribution in [1.82, 2.24) is 10.2 Å². The molecule has 6 nitrogen and oxygen atoms in total. The van der Waals surface area contributed by atoms with Crippen LogP contribution in [-0.4, -0.2) is 22.2 Å². The molecule has 1 unspecified atom stereocenters. The molecule has 0 amide bonds. The van der Waals surface area contributed by atoms with Crippen LogP contribution in [0, 0.1) is 16.7 Å². The lowest BCUT2D eigenvalue weighted by Crippen LogP contribution is -2.42. The number of Topliss-reactive ketones (excluding diaryl/α,β-unsaturated/α-hetero) is 1. The van der Waals surface area contributed by atoms with E-state index in [4.69, 9.17) is 5.73 Å². The van der Waals surface area contributed by atoms with Crippen LogP contribution in [0.25, 0.3) is 0 Å². The Balaban J connectivity index is 1.96. The Kier molecular flexibility index (Phi) is 5.51. The molecule has 2 aromatic rings. The van der Waals surface area contributed by atoms with E-state index in [1.807, 2.05) is 12.3 Å². The topological polar surface area (TPSA) is 95.9 Å². The molecule has 1 aliphatic carbocycles. The Morgan fingerprint density at radius 3 is 2.70 bits per heavy atom. The number of nitrogens with two attached hydrogens (primary N) is 1. The number of hydrogen-bond acceptors (Lipinski definition) is 9. The summed E-state index contributed by atoms with van der Waals surface area (Å²) in [6.07, 6.45) is 3.99. The fourth-order valence-electron chi connectivity index (χ4n) is 4.13. The quantitative estimate of drug-likeness (QED) is 0.657. The minimum Gasteiger partial charge on any atom is -0.384 e. The molecule has 0 saturated heterocycles. The van der Waals surface area contributed by atoms with Gasteiger partial charge in [0.15, 0.2) is 10.1 Å². The fraction of sp³-hybridized carbons (Fsp3) is 0.429. The number of nitrogens with zero attached hydrogens (tertiary/aromatic N) is 4. The third-order valence-electron chi connectivity index (χ3n) is 5.46. The third-order valence-corrected chi connectivity index (χ3v) is 8.64. The molecule has 9 heteroatoms. The van der Waals surface area contributed by atoms with Gasteiger partial charge in [0, 0.05) is 27.4 Å². The smallest absolute Gasteiger partial charge is 0.219 e. The molecule has 1 aliphatic heterocycles. The molecule has 0 aromatic carbocycles. The summed E-state index contributed by atoms with van der Waals surface area (Å²) in [5, 5.41) is 19.2. The summed E-state index contributed by atoms with van der Waals surface area (Å²) < 4.78 is 0.813. The predicted octanol–water partition coefficient (Wildman–Crippen LogP) is 4.82. The summed E-state index contributed by atoms with van der Waals surface area (Å²) in [4.78, 5) is 17.4. The summed E-state index contributed by atoms with van der Waals surface area (Å²) >= 11 is 4.58. The lowest BCUT2D eigenvalue weighted by atomic mass is 9.70. The van der Waals surface area contributed by atoms with E-state index in [9.17, 15) is 10.1 Å². The number of carbonyl (C=O) groups excluding carboxylic acids is 1. The number of nitriles is 1. The second kappa shape index (κ2) is 7.84. The maximum atomic E-state index is 13.4. The van der Waals surface area contributed by atoms with Crippen molar-refractivity contribution in [2.75, 3.05) is 11.2 Å². The van der Waals surface area contributed by atoms with Gasteiger partial charge in [0.1, 0.15) is 5.82 Å². The van der Waals surface area contributed by atoms with E-state index >= 15 is 0 Å². The number of aryl methyl sites for hydroxylation is 1. The van der Waals surface area contributed by atoms with Crippen LogP contribution in [0.3, 0.4) is 0 Å². The van der Waals surface area contributed by atoms with Gasteiger partial charge < -0.3 is 5.73 Å². The monoisotopic (exact) mass is 457 g/mol. The van der Waals surface area contributed by atoms with Crippen molar-refractivity contribution in [2.24, 2.45) is 11.1 Å². The maximum absolute atomic E-state index is 13.4. The van der Waals surface area contributed by atoms with Crippen molar-refractivity contribution in [3.63, 3.8) is 0 Å². The van der Waals surface area contributed by atoms with Crippen molar-refractivity contribution >= 4 is 45.4 Å². The predicted molar refractivity (Wildman–Crippen MR) is 122 cm³/mol. The van der Waals surface area contributed by atoms with Gasteiger partial charge in [0.05, 0.1) is 17.6 Å². The van der Waals surface area contributed by atoms with Gasteiger partial charge in [-0.3, -0.25) is 9.69 Å². The molecule has 4 rings (SSSR count). The first kappa shape index (κ1) is 21.1. The maximum Gasteiger partial charge on any atom is 0.219 e. The van der Waals surface area contributed by atoms with Crippen LogP contribution < -0.4 is 10.6 Å². The zero-order valence-corrected chi connectivity index (χ0v) is 19.8. The highest BCUT2D eigenvalue weighted by Crippen LogP contribution is 2.51. The highest BCUT2D eigenvalue weighted by molar-refractivity contribution is 8.00. The Labute approximate surface area is 188 Å². The van der Waals surface area contributed by atoms with Crippen LogP contribution in [0.2, 0.25) is 0 Å². The van der Waals surface area contributed by atoms with Gasteiger partial charge in [-0.15, -0.1) is 21.5 Å². The molecule has 2 aromatic heterocycles. The minimum atomic E-state index is -0.414. The van der Waals surface area contributed by atoms with E-state index < -0.39 is 5.92 Å². The minimum absolute atomic E-state index is 0.0811. The van der Waals surface area contributed by atoms with Crippen LogP contribution in [0.5, 0.6) is 0 Å². The number of allylic oxidation sites excluding steroid dienone is 3. The molecular weight excluding hydrogens is 434 g/mol. The van der Waals surface area contributed by atoms with E-state index in [1.54, 1.807) is 16.2 Å². The first-order valence-electron chi connectivity index (χ1n) is 9.71. The number of rotatable bonds is 4. The standard InChI is InChI=1S/C21H23N5OS3/c1-5-11-6-7-15(29-11)16-12(10-22)18(23)26(19-24-25-20(28-4)30-19)13-8-21(2,3)9-14(27)17(13)16/h6-7,16H,5,8-9,23H2,1-4H3. The lowest BCUT2D eigenvalue weighted by Gasteiger charge is -2.42. The zero-order chi connectivity index (χ0) is 21.6. The highest BCUT2D eigenvalue weighted by atomic mass is 32.2. The van der Waals surface area contributed by atoms with Crippen molar-refractivity contribution in [3.8, 4) is 6.07 Å². The summed E-state index contributed by atoms with van der Waals surface area (Å²) in [6, 6.07) is 6.41. The average molecular weight is 458 g/mol. The van der Waals surface area contributed by atoms with E-state index in [1.165, 1.54) is 28.0 Å². The van der Waals surface area contributed by atoms with Gasteiger partial charge in [-0.25, -0.2) is 0 Å². The number of thioether (sulfide) groups is 1. The summed E-state index contributed by atoms with van der Waals surface area (Å²) in [6.45, 7) is 6.29. The summed E-state index contributed by atoms with van der Waals surface area (Å²) in [5.74, 6) is 0.0163. The fourth-order valence-corrected chi connectivity index (χ4v) is 6.50. The first-order valence-corrected chi connectivity index (χ1v) is 12.6. The molecule has 0 radical (unpaired) electrons. The molecule has 0 spiro atoms. The number of carbonyl (C=O) groups is 1. The molecule has 30 heavy (non-hydrogen) atoms. The first-order chi connectivity index (χ1) is 14.3. The molecule has 1 atom stereocenters. The van der Waals surface area contributed by atoms with Crippen molar-refractivity contribution < 1.29 is 4.79 Å². The van der Waals surface area contributed by atoms with Crippen LogP contribution in [0.15, 0.2) is 39.1 Å². The SMILES string of the molecule is CCc1ccc(C2C(C#N)=C(N)N(c3nnc(SC)s3)C3=C2C(=O)CC(C)(C)C3)s1. The van der Waals surface area contributed by atoms with E-state index in [2.05, 4.69) is 43.1 Å². The van der Waals surface area contributed by atoms with Gasteiger partial charge in [-0.2, -0.15) is 5.26 Å². The van der Waals surface area contributed by atoms with Gasteiger partial charge in [0.25, 0.3) is 0 Å². The second-order valence-electron chi connectivity index (χ2n) is 8.19. The van der Waals surface area contributed by atoms with Crippen LogP contribution in [0.4, 0.5) is 5.13 Å². The van der Waals surface area contributed by atoms with Crippen molar-refractivity contribution in [2.45, 2.75) is 50.3 Å². The van der Waals surface area contributed by atoms with Gasteiger partial charge in [0.2, 0.25) is 5.13 Å². The Morgan fingerprint density at radius 1 is 1.33 bits per heavy atom. The van der Waals surface area contributed by atoms with E-state index in [0.717, 1.165) is 21.3 Å². The molecule has 2 aliphatic rings. The van der Waals surface area contributed by atoms with Crippen molar-refractivity contribution in [3.05, 3.63) is 44.6 Å². The molecule has 3 heterocycles.